The van der Waals surface area contributed by atoms with Gasteiger partial charge in [0.1, 0.15) is 6.54 Å². The first-order valence-corrected chi connectivity index (χ1v) is 13.0. The molecule has 0 saturated carbocycles. The lowest BCUT2D eigenvalue weighted by molar-refractivity contribution is -0.146. The molecule has 2 aromatic carbocycles. The highest BCUT2D eigenvalue weighted by Gasteiger charge is 2.36. The van der Waals surface area contributed by atoms with Crippen molar-refractivity contribution in [2.75, 3.05) is 18.4 Å². The maximum Gasteiger partial charge on any atom is 0.266 e. The van der Waals surface area contributed by atoms with E-state index in [0.717, 1.165) is 35.1 Å². The summed E-state index contributed by atoms with van der Waals surface area (Å²) < 4.78 is 7.79. The van der Waals surface area contributed by atoms with Crippen LogP contribution in [-0.2, 0) is 16.1 Å². The molecule has 0 unspecified atom stereocenters. The van der Waals surface area contributed by atoms with Crippen LogP contribution >= 0.6 is 0 Å². The van der Waals surface area contributed by atoms with Crippen molar-refractivity contribution >= 4 is 28.5 Å². The number of nitrogens with one attached hydrogen (secondary N) is 1. The summed E-state index contributed by atoms with van der Waals surface area (Å²) in [5.74, 6) is 0.693. The lowest BCUT2D eigenvalue weighted by atomic mass is 9.88. The zero-order valence-electron chi connectivity index (χ0n) is 22.1. The minimum absolute atomic E-state index is 0.0259. The number of amides is 2. The maximum atomic E-state index is 13.2. The molecular weight excluding hydrogens is 478 g/mol. The van der Waals surface area contributed by atoms with Crippen molar-refractivity contribution in [1.29, 1.82) is 0 Å². The summed E-state index contributed by atoms with van der Waals surface area (Å²) in [7, 11) is 0. The van der Waals surface area contributed by atoms with E-state index in [9.17, 15) is 9.59 Å². The van der Waals surface area contributed by atoms with Gasteiger partial charge >= 0.3 is 0 Å². The van der Waals surface area contributed by atoms with Crippen LogP contribution in [0, 0.1) is 6.92 Å². The Hall–Kier alpha value is -4.20. The second-order valence-corrected chi connectivity index (χ2v) is 10.4. The molecule has 5 rings (SSSR count). The van der Waals surface area contributed by atoms with Crippen LogP contribution in [0.15, 0.2) is 73.2 Å². The third-order valence-electron chi connectivity index (χ3n) is 7.05. The number of hydrogen-bond acceptors (Lipinski definition) is 5. The number of likely N-dealkylation sites (tertiary alicyclic amines) is 1. The van der Waals surface area contributed by atoms with Crippen molar-refractivity contribution in [3.63, 3.8) is 0 Å². The van der Waals surface area contributed by atoms with Crippen LogP contribution in [0.25, 0.3) is 11.0 Å². The molecule has 2 amide bonds. The molecule has 1 fully saturated rings. The maximum absolute atomic E-state index is 13.2. The number of carbonyl (C=O) groups excluding carboxylic acids is 2. The molecule has 196 valence electrons. The number of nitrogens with zero attached hydrogens (tertiary/aromatic N) is 4. The van der Waals surface area contributed by atoms with E-state index in [1.165, 1.54) is 5.56 Å². The van der Waals surface area contributed by atoms with E-state index in [1.54, 1.807) is 32.4 Å². The Morgan fingerprint density at radius 2 is 1.74 bits per heavy atom. The molecule has 1 saturated heterocycles. The Morgan fingerprint density at radius 1 is 1.00 bits per heavy atom. The van der Waals surface area contributed by atoms with Gasteiger partial charge in [0.25, 0.3) is 5.91 Å². The van der Waals surface area contributed by atoms with Crippen molar-refractivity contribution in [1.82, 2.24) is 19.4 Å². The summed E-state index contributed by atoms with van der Waals surface area (Å²) >= 11 is 0. The van der Waals surface area contributed by atoms with Gasteiger partial charge in [-0.05, 0) is 74.9 Å². The summed E-state index contributed by atoms with van der Waals surface area (Å²) in [5, 5.41) is 2.98. The first kappa shape index (κ1) is 25.4. The Labute approximate surface area is 222 Å². The van der Waals surface area contributed by atoms with Crippen LogP contribution < -0.4 is 10.1 Å². The van der Waals surface area contributed by atoms with Gasteiger partial charge < -0.3 is 19.5 Å². The summed E-state index contributed by atoms with van der Waals surface area (Å²) in [6, 6.07) is 19.5. The number of rotatable bonds is 7. The summed E-state index contributed by atoms with van der Waals surface area (Å²) in [5.41, 5.74) is 3.84. The molecule has 1 aliphatic rings. The van der Waals surface area contributed by atoms with E-state index < -0.39 is 5.60 Å². The summed E-state index contributed by atoms with van der Waals surface area (Å²) in [6.45, 7) is 7.11. The zero-order chi connectivity index (χ0) is 26.7. The number of para-hydroxylation sites is 2. The SMILES string of the molecule is Cc1ccc(OC(C)(C)C(=O)N2CCC(c3ccc(NC(=O)Cn4cnc5ccccc54)cc3)CC2)nc1. The molecule has 0 spiro atoms. The number of hydrogen-bond donors (Lipinski definition) is 1. The van der Waals surface area contributed by atoms with Crippen LogP contribution in [0.1, 0.15) is 43.7 Å². The van der Waals surface area contributed by atoms with E-state index in [0.29, 0.717) is 24.9 Å². The number of ether oxygens (including phenoxy) is 1. The molecular formula is C30H33N5O3. The monoisotopic (exact) mass is 511 g/mol. The normalized spacial score (nSPS) is 14.4. The molecule has 0 bridgehead atoms. The first-order chi connectivity index (χ1) is 18.3. The van der Waals surface area contributed by atoms with Gasteiger partial charge in [0.2, 0.25) is 11.8 Å². The van der Waals surface area contributed by atoms with Gasteiger partial charge in [0.15, 0.2) is 5.60 Å². The van der Waals surface area contributed by atoms with Crippen molar-refractivity contribution in [2.45, 2.75) is 51.7 Å². The molecule has 1 aliphatic heterocycles. The quantitative estimate of drug-likeness (QED) is 0.380. The predicted molar refractivity (Wildman–Crippen MR) is 147 cm³/mol. The second kappa shape index (κ2) is 10.7. The van der Waals surface area contributed by atoms with Gasteiger partial charge in [0, 0.05) is 31.0 Å². The summed E-state index contributed by atoms with van der Waals surface area (Å²) in [4.78, 5) is 36.3. The number of aryl methyl sites for hydroxylation is 1. The van der Waals surface area contributed by atoms with E-state index in [-0.39, 0.29) is 18.4 Å². The highest BCUT2D eigenvalue weighted by Crippen LogP contribution is 2.30. The molecule has 2 aromatic heterocycles. The molecule has 0 radical (unpaired) electrons. The highest BCUT2D eigenvalue weighted by molar-refractivity contribution is 5.91. The molecule has 3 heterocycles. The number of aromatic nitrogens is 3. The molecule has 1 N–H and O–H groups in total. The van der Waals surface area contributed by atoms with Crippen LogP contribution in [0.5, 0.6) is 5.88 Å². The van der Waals surface area contributed by atoms with E-state index in [2.05, 4.69) is 27.4 Å². The molecule has 8 heteroatoms. The van der Waals surface area contributed by atoms with Crippen LogP contribution in [0.3, 0.4) is 0 Å². The van der Waals surface area contributed by atoms with Crippen molar-refractivity contribution in [3.05, 3.63) is 84.3 Å². The fraction of sp³-hybridized carbons (Fsp3) is 0.333. The van der Waals surface area contributed by atoms with Crippen molar-refractivity contribution < 1.29 is 14.3 Å². The average Bonchev–Trinajstić information content (AvgIpc) is 3.32. The minimum Gasteiger partial charge on any atom is -0.462 e. The van der Waals surface area contributed by atoms with Crippen molar-refractivity contribution in [3.8, 4) is 5.88 Å². The Morgan fingerprint density at radius 3 is 2.45 bits per heavy atom. The van der Waals surface area contributed by atoms with E-state index in [1.807, 2.05) is 58.9 Å². The largest absolute Gasteiger partial charge is 0.462 e. The topological polar surface area (TPSA) is 89.4 Å². The Kier molecular flexibility index (Phi) is 7.13. The lowest BCUT2D eigenvalue weighted by Gasteiger charge is -2.37. The number of piperidine rings is 1. The van der Waals surface area contributed by atoms with Crippen LogP contribution in [-0.4, -0.2) is 49.9 Å². The Bertz CT molecular complexity index is 1420. The molecule has 38 heavy (non-hydrogen) atoms. The van der Waals surface area contributed by atoms with Gasteiger partial charge in [-0.1, -0.05) is 30.3 Å². The third-order valence-corrected chi connectivity index (χ3v) is 7.05. The van der Waals surface area contributed by atoms with Crippen LogP contribution in [0.4, 0.5) is 5.69 Å². The number of pyridine rings is 1. The molecule has 4 aromatic rings. The number of benzene rings is 2. The fourth-order valence-corrected chi connectivity index (χ4v) is 4.95. The number of anilines is 1. The van der Waals surface area contributed by atoms with Crippen molar-refractivity contribution in [2.24, 2.45) is 0 Å². The zero-order valence-corrected chi connectivity index (χ0v) is 22.1. The van der Waals surface area contributed by atoms with Gasteiger partial charge in [-0.3, -0.25) is 9.59 Å². The third kappa shape index (κ3) is 5.69. The standard InChI is InChI=1S/C30H33N5O3/c1-21-8-13-28(31-18-21)38-30(2,3)29(37)34-16-14-23(15-17-34)22-9-11-24(12-10-22)33-27(36)19-35-20-32-25-6-4-5-7-26(25)35/h4-13,18,20,23H,14-17,19H2,1-3H3,(H,33,36). The van der Waals surface area contributed by atoms with E-state index in [4.69, 9.17) is 4.74 Å². The smallest absolute Gasteiger partial charge is 0.266 e. The van der Waals surface area contributed by atoms with Gasteiger partial charge in [0.05, 0.1) is 17.4 Å². The fourth-order valence-electron chi connectivity index (χ4n) is 4.95. The first-order valence-electron chi connectivity index (χ1n) is 13.0. The molecule has 8 nitrogen and oxygen atoms in total. The number of carbonyl (C=O) groups is 2. The van der Waals surface area contributed by atoms with Gasteiger partial charge in [-0.2, -0.15) is 0 Å². The lowest BCUT2D eigenvalue weighted by Crippen LogP contribution is -2.51. The van der Waals surface area contributed by atoms with Gasteiger partial charge in [-0.25, -0.2) is 9.97 Å². The molecule has 0 aliphatic carbocycles. The molecule has 0 atom stereocenters. The number of imidazole rings is 1. The average molecular weight is 512 g/mol. The van der Waals surface area contributed by atoms with Gasteiger partial charge in [-0.15, -0.1) is 0 Å². The van der Waals surface area contributed by atoms with E-state index >= 15 is 0 Å². The predicted octanol–water partition coefficient (Wildman–Crippen LogP) is 4.94. The Balaban J connectivity index is 1.13. The number of fused-ring (bicyclic) bond motifs is 1. The highest BCUT2D eigenvalue weighted by atomic mass is 16.5. The van der Waals surface area contributed by atoms with Crippen LogP contribution in [0.2, 0.25) is 0 Å². The second-order valence-electron chi connectivity index (χ2n) is 10.4. The summed E-state index contributed by atoms with van der Waals surface area (Å²) in [6.07, 6.45) is 5.19. The minimum atomic E-state index is -0.988.